The molecule has 5 nitrogen and oxygen atoms in total. The first-order chi connectivity index (χ1) is 15.3. The Bertz CT molecular complexity index is 1100. The predicted molar refractivity (Wildman–Crippen MR) is 122 cm³/mol. The number of carbonyl (C=O) groups excluding carboxylic acids is 1. The van der Waals surface area contributed by atoms with Gasteiger partial charge < -0.3 is 4.74 Å². The van der Waals surface area contributed by atoms with Crippen LogP contribution in [0.3, 0.4) is 0 Å². The van der Waals surface area contributed by atoms with Crippen LogP contribution < -0.4 is 4.90 Å². The van der Waals surface area contributed by atoms with Gasteiger partial charge in [0.05, 0.1) is 29.0 Å². The number of nitrogens with zero attached hydrogens (tertiary/aromatic N) is 3. The number of thiazole rings is 1. The second kappa shape index (κ2) is 10.8. The van der Waals surface area contributed by atoms with Crippen LogP contribution in [-0.2, 0) is 10.9 Å². The van der Waals surface area contributed by atoms with Crippen molar-refractivity contribution in [1.29, 1.82) is 0 Å². The molecule has 33 heavy (non-hydrogen) atoms. The highest BCUT2D eigenvalue weighted by atomic mass is 35.5. The van der Waals surface area contributed by atoms with Crippen LogP contribution in [0.2, 0.25) is 0 Å². The summed E-state index contributed by atoms with van der Waals surface area (Å²) in [4.78, 5) is 21.3. The lowest BCUT2D eigenvalue weighted by atomic mass is 10.1. The molecular weight excluding hydrogens is 482 g/mol. The highest BCUT2D eigenvalue weighted by molar-refractivity contribution is 7.22. The number of benzene rings is 2. The number of alkyl halides is 3. The summed E-state index contributed by atoms with van der Waals surface area (Å²) in [6.45, 7) is 3.88. The van der Waals surface area contributed by atoms with Crippen LogP contribution in [0.4, 0.5) is 22.7 Å². The lowest BCUT2D eigenvalue weighted by molar-refractivity contribution is -0.137. The molecule has 1 aliphatic rings. The summed E-state index contributed by atoms with van der Waals surface area (Å²) < 4.78 is 59.0. The zero-order valence-corrected chi connectivity index (χ0v) is 19.1. The maximum atomic E-state index is 13.6. The highest BCUT2D eigenvalue weighted by Gasteiger charge is 2.32. The summed E-state index contributed by atoms with van der Waals surface area (Å²) in [6.07, 6.45) is -3.94. The Hall–Kier alpha value is -2.27. The van der Waals surface area contributed by atoms with Gasteiger partial charge in [0.15, 0.2) is 5.13 Å². The molecule has 0 atom stereocenters. The number of halogens is 5. The van der Waals surface area contributed by atoms with Crippen LogP contribution in [0.15, 0.2) is 42.5 Å². The molecule has 3 aromatic rings. The Kier molecular flexibility index (Phi) is 8.28. The molecule has 2 aromatic carbocycles. The van der Waals surface area contributed by atoms with E-state index in [2.05, 4.69) is 9.88 Å². The third-order valence-electron chi connectivity index (χ3n) is 5.21. The smallest absolute Gasteiger partial charge is 0.379 e. The molecule has 1 aromatic heterocycles. The fraction of sp³-hybridized carbons (Fsp3) is 0.364. The maximum absolute atomic E-state index is 13.6. The van der Waals surface area contributed by atoms with Crippen LogP contribution in [0.25, 0.3) is 10.2 Å². The average Bonchev–Trinajstić information content (AvgIpc) is 3.19. The quantitative estimate of drug-likeness (QED) is 0.431. The van der Waals surface area contributed by atoms with Crippen molar-refractivity contribution in [2.45, 2.75) is 12.6 Å². The number of morpholine rings is 1. The van der Waals surface area contributed by atoms with E-state index in [4.69, 9.17) is 4.74 Å². The van der Waals surface area contributed by atoms with Gasteiger partial charge >= 0.3 is 6.18 Å². The normalized spacial score (nSPS) is 14.8. The molecule has 0 unspecified atom stereocenters. The molecule has 0 N–H and O–H groups in total. The predicted octanol–water partition coefficient (Wildman–Crippen LogP) is 5.25. The molecule has 2 heterocycles. The first-order valence-electron chi connectivity index (χ1n) is 10.2. The molecule has 0 aliphatic carbocycles. The van der Waals surface area contributed by atoms with E-state index < -0.39 is 23.5 Å². The summed E-state index contributed by atoms with van der Waals surface area (Å²) in [5, 5.41) is 0.329. The molecule has 1 aliphatic heterocycles. The van der Waals surface area contributed by atoms with Crippen LogP contribution in [0.1, 0.15) is 22.3 Å². The summed E-state index contributed by atoms with van der Waals surface area (Å²) >= 11 is 1.14. The Balaban J connectivity index is 0.00000306. The summed E-state index contributed by atoms with van der Waals surface area (Å²) in [5.74, 6) is -0.992. The fourth-order valence-electron chi connectivity index (χ4n) is 3.55. The van der Waals surface area contributed by atoms with E-state index in [0.29, 0.717) is 35.0 Å². The largest absolute Gasteiger partial charge is 0.416 e. The number of ether oxygens (including phenoxy) is 1. The SMILES string of the molecule is Cl.O=C(c1cccc(C(F)(F)F)c1)N(CCCN1CCOCC1)c1nc2ccc(F)cc2s1. The van der Waals surface area contributed by atoms with Gasteiger partial charge in [0.1, 0.15) is 5.82 Å². The zero-order valence-electron chi connectivity index (χ0n) is 17.5. The van der Waals surface area contributed by atoms with Crippen LogP contribution in [0, 0.1) is 5.82 Å². The van der Waals surface area contributed by atoms with Gasteiger partial charge in [-0.15, -0.1) is 12.4 Å². The zero-order chi connectivity index (χ0) is 22.7. The molecule has 1 amide bonds. The summed E-state index contributed by atoms with van der Waals surface area (Å²) in [5.41, 5.74) is -0.430. The third-order valence-corrected chi connectivity index (χ3v) is 6.25. The lowest BCUT2D eigenvalue weighted by Crippen LogP contribution is -2.39. The molecule has 178 valence electrons. The minimum atomic E-state index is -4.55. The van der Waals surface area contributed by atoms with Crippen molar-refractivity contribution in [3.05, 3.63) is 59.4 Å². The Morgan fingerprint density at radius 2 is 1.91 bits per heavy atom. The number of amides is 1. The molecule has 11 heteroatoms. The van der Waals surface area contributed by atoms with Gasteiger partial charge in [-0.3, -0.25) is 14.6 Å². The van der Waals surface area contributed by atoms with E-state index in [1.54, 1.807) is 0 Å². The van der Waals surface area contributed by atoms with Crippen molar-refractivity contribution in [3.8, 4) is 0 Å². The van der Waals surface area contributed by atoms with Crippen molar-refractivity contribution in [2.75, 3.05) is 44.3 Å². The van der Waals surface area contributed by atoms with Gasteiger partial charge in [-0.2, -0.15) is 13.2 Å². The average molecular weight is 504 g/mol. The molecule has 0 bridgehead atoms. The first kappa shape index (κ1) is 25.4. The van der Waals surface area contributed by atoms with Crippen molar-refractivity contribution >= 4 is 45.0 Å². The summed E-state index contributed by atoms with van der Waals surface area (Å²) in [7, 11) is 0. The van der Waals surface area contributed by atoms with E-state index in [1.807, 2.05) is 0 Å². The third kappa shape index (κ3) is 6.20. The van der Waals surface area contributed by atoms with Crippen LogP contribution in [0.5, 0.6) is 0 Å². The van der Waals surface area contributed by atoms with Crippen LogP contribution >= 0.6 is 23.7 Å². The van der Waals surface area contributed by atoms with E-state index in [-0.39, 0.29) is 24.5 Å². The van der Waals surface area contributed by atoms with Gasteiger partial charge in [-0.25, -0.2) is 9.37 Å². The fourth-order valence-corrected chi connectivity index (χ4v) is 4.56. The van der Waals surface area contributed by atoms with Gasteiger partial charge in [-0.05, 0) is 42.8 Å². The second-order valence-electron chi connectivity index (χ2n) is 7.45. The van der Waals surface area contributed by atoms with E-state index >= 15 is 0 Å². The molecule has 4 rings (SSSR count). The van der Waals surface area contributed by atoms with Gasteiger partial charge in [0.2, 0.25) is 0 Å². The molecule has 0 saturated carbocycles. The number of aromatic nitrogens is 1. The number of hydrogen-bond acceptors (Lipinski definition) is 5. The minimum absolute atomic E-state index is 0. The number of carbonyl (C=O) groups is 1. The number of hydrogen-bond donors (Lipinski definition) is 0. The lowest BCUT2D eigenvalue weighted by Gasteiger charge is -2.27. The summed E-state index contributed by atoms with van der Waals surface area (Å²) in [6, 6.07) is 8.49. The van der Waals surface area contributed by atoms with Gasteiger partial charge in [0.25, 0.3) is 5.91 Å². The van der Waals surface area contributed by atoms with E-state index in [0.717, 1.165) is 43.1 Å². The van der Waals surface area contributed by atoms with E-state index in [1.165, 1.54) is 35.2 Å². The van der Waals surface area contributed by atoms with E-state index in [9.17, 15) is 22.4 Å². The highest BCUT2D eigenvalue weighted by Crippen LogP contribution is 2.32. The Morgan fingerprint density at radius 1 is 1.15 bits per heavy atom. The standard InChI is InChI=1S/C22H21F4N3O2S.ClH/c23-17-5-6-18-19(14-17)32-21(27-18)29(8-2-7-28-9-11-31-12-10-28)20(30)15-3-1-4-16(13-15)22(24,25)26;/h1,3-6,13-14H,2,7-12H2;1H. The van der Waals surface area contributed by atoms with Crippen molar-refractivity contribution in [3.63, 3.8) is 0 Å². The van der Waals surface area contributed by atoms with Crippen molar-refractivity contribution < 1.29 is 27.1 Å². The van der Waals surface area contributed by atoms with Gasteiger partial charge in [0, 0.05) is 31.7 Å². The van der Waals surface area contributed by atoms with Gasteiger partial charge in [-0.1, -0.05) is 17.4 Å². The molecule has 0 radical (unpaired) electrons. The Morgan fingerprint density at radius 3 is 2.64 bits per heavy atom. The first-order valence-corrected chi connectivity index (χ1v) is 11.0. The van der Waals surface area contributed by atoms with Crippen molar-refractivity contribution in [2.24, 2.45) is 0 Å². The topological polar surface area (TPSA) is 45.7 Å². The van der Waals surface area contributed by atoms with Crippen molar-refractivity contribution in [1.82, 2.24) is 9.88 Å². The minimum Gasteiger partial charge on any atom is -0.379 e. The Labute approximate surface area is 198 Å². The monoisotopic (exact) mass is 503 g/mol. The second-order valence-corrected chi connectivity index (χ2v) is 8.46. The molecule has 1 saturated heterocycles. The van der Waals surface area contributed by atoms with Crippen LogP contribution in [-0.4, -0.2) is 55.2 Å². The maximum Gasteiger partial charge on any atom is 0.416 e. The molecular formula is C22H22ClF4N3O2S. The molecule has 1 fully saturated rings. The number of anilines is 1. The number of fused-ring (bicyclic) bond motifs is 1. The number of rotatable bonds is 6. The molecule has 0 spiro atoms.